The Morgan fingerprint density at radius 1 is 1.35 bits per heavy atom. The fourth-order valence-electron chi connectivity index (χ4n) is 1.23. The number of aromatic nitrogens is 2. The predicted molar refractivity (Wildman–Crippen MR) is 55.4 cm³/mol. The van der Waals surface area contributed by atoms with Gasteiger partial charge in [0.2, 0.25) is 11.8 Å². The Hall–Kier alpha value is -1.96. The summed E-state index contributed by atoms with van der Waals surface area (Å²) < 4.78 is 5.21. The molecule has 1 aliphatic carbocycles. The van der Waals surface area contributed by atoms with E-state index in [0.29, 0.717) is 11.8 Å². The van der Waals surface area contributed by atoms with Gasteiger partial charge in [-0.05, 0) is 12.8 Å². The van der Waals surface area contributed by atoms with E-state index >= 15 is 0 Å². The van der Waals surface area contributed by atoms with Crippen LogP contribution in [0, 0.1) is 0 Å². The summed E-state index contributed by atoms with van der Waals surface area (Å²) >= 11 is 0. The zero-order valence-corrected chi connectivity index (χ0v) is 8.97. The highest BCUT2D eigenvalue weighted by molar-refractivity contribution is 5.90. The second kappa shape index (κ2) is 4.91. The van der Waals surface area contributed by atoms with Crippen molar-refractivity contribution in [1.82, 2.24) is 15.5 Å². The van der Waals surface area contributed by atoms with Gasteiger partial charge in [-0.1, -0.05) is 5.10 Å². The van der Waals surface area contributed by atoms with Crippen LogP contribution in [0.1, 0.15) is 24.7 Å². The summed E-state index contributed by atoms with van der Waals surface area (Å²) in [7, 11) is 0. The number of anilines is 1. The Kier molecular flexibility index (Phi) is 3.33. The third-order valence-corrected chi connectivity index (χ3v) is 2.18. The zero-order chi connectivity index (χ0) is 12.3. The van der Waals surface area contributed by atoms with Gasteiger partial charge in [0.15, 0.2) is 0 Å². The number of amides is 1. The maximum absolute atomic E-state index is 11.3. The fourth-order valence-corrected chi connectivity index (χ4v) is 1.23. The first-order valence-corrected chi connectivity index (χ1v) is 5.21. The minimum atomic E-state index is -1.02. The number of hydrogen-bond donors (Lipinski definition) is 3. The number of carbonyl (C=O) groups excluding carboxylic acids is 1. The summed E-state index contributed by atoms with van der Waals surface area (Å²) in [6.07, 6.45) is 2.07. The monoisotopic (exact) mass is 240 g/mol. The van der Waals surface area contributed by atoms with Crippen molar-refractivity contribution in [2.75, 3.05) is 18.4 Å². The molecule has 0 bridgehead atoms. The van der Waals surface area contributed by atoms with Crippen LogP contribution in [0.4, 0.5) is 6.01 Å². The summed E-state index contributed by atoms with van der Waals surface area (Å²) in [6.45, 7) is -0.391. The highest BCUT2D eigenvalue weighted by Crippen LogP contribution is 2.39. The smallest absolute Gasteiger partial charge is 0.322 e. The lowest BCUT2D eigenvalue weighted by atomic mass is 10.4. The standard InChI is InChI=1S/C9H12N4O4/c14-6(3-10-4-7(15)16)11-9-13-12-8(17-9)5-1-2-5/h5,10H,1-4H2,(H,15,16)(H,11,13,14). The lowest BCUT2D eigenvalue weighted by molar-refractivity contribution is -0.135. The van der Waals surface area contributed by atoms with Gasteiger partial charge >= 0.3 is 12.0 Å². The molecule has 0 radical (unpaired) electrons. The Morgan fingerprint density at radius 2 is 2.12 bits per heavy atom. The number of nitrogens with zero attached hydrogens (tertiary/aromatic N) is 2. The first-order valence-electron chi connectivity index (χ1n) is 5.21. The van der Waals surface area contributed by atoms with E-state index in [9.17, 15) is 9.59 Å². The van der Waals surface area contributed by atoms with Crippen molar-refractivity contribution < 1.29 is 19.1 Å². The molecule has 3 N–H and O–H groups in total. The lowest BCUT2D eigenvalue weighted by Crippen LogP contribution is -2.31. The zero-order valence-electron chi connectivity index (χ0n) is 8.97. The SMILES string of the molecule is O=C(O)CNCC(=O)Nc1nnc(C2CC2)o1. The second-order valence-electron chi connectivity index (χ2n) is 3.77. The second-order valence-corrected chi connectivity index (χ2v) is 3.77. The van der Waals surface area contributed by atoms with Gasteiger partial charge in [0.1, 0.15) is 0 Å². The van der Waals surface area contributed by atoms with Gasteiger partial charge in [-0.25, -0.2) is 0 Å². The van der Waals surface area contributed by atoms with Crippen molar-refractivity contribution in [3.63, 3.8) is 0 Å². The summed E-state index contributed by atoms with van der Waals surface area (Å²) in [6, 6.07) is 0.0500. The molecule has 2 rings (SSSR count). The minimum absolute atomic E-state index is 0.0500. The number of carboxylic acids is 1. The molecule has 8 nitrogen and oxygen atoms in total. The van der Waals surface area contributed by atoms with Gasteiger partial charge in [-0.15, -0.1) is 5.10 Å². The molecule has 0 atom stereocenters. The average Bonchev–Trinajstić information content (AvgIpc) is 3.00. The van der Waals surface area contributed by atoms with Gasteiger partial charge in [-0.2, -0.15) is 0 Å². The van der Waals surface area contributed by atoms with Gasteiger partial charge in [-0.3, -0.25) is 20.2 Å². The Balaban J connectivity index is 1.74. The highest BCUT2D eigenvalue weighted by atomic mass is 16.4. The Morgan fingerprint density at radius 3 is 2.76 bits per heavy atom. The third kappa shape index (κ3) is 3.52. The topological polar surface area (TPSA) is 117 Å². The maximum Gasteiger partial charge on any atom is 0.322 e. The van der Waals surface area contributed by atoms with Gasteiger partial charge in [0.25, 0.3) is 0 Å². The molecule has 1 fully saturated rings. The van der Waals surface area contributed by atoms with E-state index in [1.165, 1.54) is 0 Å². The molecule has 0 unspecified atom stereocenters. The van der Waals surface area contributed by atoms with E-state index in [1.807, 2.05) is 0 Å². The molecule has 0 aliphatic heterocycles. The van der Waals surface area contributed by atoms with Crippen molar-refractivity contribution >= 4 is 17.9 Å². The average molecular weight is 240 g/mol. The van der Waals surface area contributed by atoms with Gasteiger partial charge in [0, 0.05) is 5.92 Å². The van der Waals surface area contributed by atoms with Crippen LogP contribution >= 0.6 is 0 Å². The van der Waals surface area contributed by atoms with Crippen LogP contribution in [0.2, 0.25) is 0 Å². The van der Waals surface area contributed by atoms with Crippen LogP contribution in [-0.2, 0) is 9.59 Å². The predicted octanol–water partition coefficient (Wildman–Crippen LogP) is -0.440. The minimum Gasteiger partial charge on any atom is -0.480 e. The molecule has 1 aromatic heterocycles. The molecule has 1 saturated carbocycles. The van der Waals surface area contributed by atoms with Crippen LogP contribution in [0.5, 0.6) is 0 Å². The molecule has 0 saturated heterocycles. The van der Waals surface area contributed by atoms with Gasteiger partial charge < -0.3 is 9.52 Å². The number of carbonyl (C=O) groups is 2. The first-order chi connectivity index (χ1) is 8.15. The molecule has 1 aliphatic rings. The Bertz CT molecular complexity index is 426. The number of nitrogens with one attached hydrogen (secondary N) is 2. The number of carboxylic acid groups (broad SMARTS) is 1. The summed E-state index contributed by atoms with van der Waals surface area (Å²) in [5.74, 6) is -0.569. The van der Waals surface area contributed by atoms with Crippen LogP contribution in [0.25, 0.3) is 0 Å². The molecule has 8 heteroatoms. The molecule has 1 heterocycles. The molecule has 0 aromatic carbocycles. The van der Waals surface area contributed by atoms with Crippen LogP contribution in [-0.4, -0.2) is 40.3 Å². The largest absolute Gasteiger partial charge is 0.480 e. The summed E-state index contributed by atoms with van der Waals surface area (Å²) in [5, 5.41) is 20.6. The maximum atomic E-state index is 11.3. The molecular weight excluding hydrogens is 228 g/mol. The highest BCUT2D eigenvalue weighted by Gasteiger charge is 2.29. The number of hydrogen-bond acceptors (Lipinski definition) is 6. The first kappa shape index (κ1) is 11.5. The summed E-state index contributed by atoms with van der Waals surface area (Å²) in [5.41, 5.74) is 0. The molecule has 1 amide bonds. The molecular formula is C9H12N4O4. The summed E-state index contributed by atoms with van der Waals surface area (Å²) in [4.78, 5) is 21.5. The number of rotatable bonds is 6. The Labute approximate surface area is 96.4 Å². The van der Waals surface area contributed by atoms with E-state index < -0.39 is 11.9 Å². The molecule has 1 aromatic rings. The third-order valence-electron chi connectivity index (χ3n) is 2.18. The molecule has 92 valence electrons. The van der Waals surface area contributed by atoms with Crippen molar-refractivity contribution in [1.29, 1.82) is 0 Å². The van der Waals surface area contributed by atoms with E-state index in [0.717, 1.165) is 12.8 Å². The van der Waals surface area contributed by atoms with E-state index in [1.54, 1.807) is 0 Å². The molecule has 0 spiro atoms. The van der Waals surface area contributed by atoms with Crippen LogP contribution < -0.4 is 10.6 Å². The van der Waals surface area contributed by atoms with E-state index in [2.05, 4.69) is 20.8 Å². The van der Waals surface area contributed by atoms with Gasteiger partial charge in [0.05, 0.1) is 13.1 Å². The molecule has 17 heavy (non-hydrogen) atoms. The van der Waals surface area contributed by atoms with Crippen molar-refractivity contribution in [2.45, 2.75) is 18.8 Å². The lowest BCUT2D eigenvalue weighted by Gasteiger charge is -2.00. The number of aliphatic carboxylic acids is 1. The normalized spacial score (nSPS) is 14.6. The van der Waals surface area contributed by atoms with Crippen molar-refractivity contribution in [2.24, 2.45) is 0 Å². The quantitative estimate of drug-likeness (QED) is 0.616. The van der Waals surface area contributed by atoms with Crippen molar-refractivity contribution in [3.05, 3.63) is 5.89 Å². The van der Waals surface area contributed by atoms with Crippen LogP contribution in [0.3, 0.4) is 0 Å². The van der Waals surface area contributed by atoms with Crippen molar-refractivity contribution in [3.8, 4) is 0 Å². The fraction of sp³-hybridized carbons (Fsp3) is 0.556. The van der Waals surface area contributed by atoms with E-state index in [4.69, 9.17) is 9.52 Å². The van der Waals surface area contributed by atoms with Crippen LogP contribution in [0.15, 0.2) is 4.42 Å². The van der Waals surface area contributed by atoms with E-state index in [-0.39, 0.29) is 19.1 Å².